The van der Waals surface area contributed by atoms with Crippen LogP contribution in [0.2, 0.25) is 0 Å². The summed E-state index contributed by atoms with van der Waals surface area (Å²) >= 11 is 0. The highest BCUT2D eigenvalue weighted by Gasteiger charge is 2.20. The quantitative estimate of drug-likeness (QED) is 0.0321. The maximum Gasteiger partial charge on any atom is 0.305 e. The molecule has 0 spiro atoms. The van der Waals surface area contributed by atoms with Gasteiger partial charge in [-0.1, -0.05) is 257 Å². The molecule has 63 heavy (non-hydrogen) atoms. The third-order valence-electron chi connectivity index (χ3n) is 13.3. The van der Waals surface area contributed by atoms with Crippen LogP contribution in [0.4, 0.5) is 0 Å². The highest BCUT2D eigenvalue weighted by atomic mass is 16.5. The van der Waals surface area contributed by atoms with Gasteiger partial charge in [-0.05, 0) is 57.8 Å². The fraction of sp³-hybridized carbons (Fsp3) is 0.930. The zero-order chi connectivity index (χ0) is 45.8. The van der Waals surface area contributed by atoms with Crippen molar-refractivity contribution in [1.82, 2.24) is 5.32 Å². The summed E-state index contributed by atoms with van der Waals surface area (Å²) < 4.78 is 5.47. The van der Waals surface area contributed by atoms with E-state index in [0.717, 1.165) is 77.0 Å². The van der Waals surface area contributed by atoms with Gasteiger partial charge < -0.3 is 20.3 Å². The first-order chi connectivity index (χ1) is 31.0. The fourth-order valence-corrected chi connectivity index (χ4v) is 8.93. The number of allylic oxidation sites excluding steroid dienone is 2. The smallest absolute Gasteiger partial charge is 0.305 e. The van der Waals surface area contributed by atoms with Crippen LogP contribution >= 0.6 is 0 Å². The maximum absolute atomic E-state index is 12.5. The molecule has 3 N–H and O–H groups in total. The van der Waals surface area contributed by atoms with E-state index in [1.807, 2.05) is 0 Å². The molecule has 0 aliphatic heterocycles. The standard InChI is InChI=1S/C57H111NO5/c1-3-5-7-9-11-13-15-17-19-21-22-24-26-31-35-39-43-47-51-57(62)63-52-48-44-40-36-32-28-27-30-34-38-42-46-50-56(61)58-54(53-59)55(60)49-45-41-37-33-29-25-23-20-18-16-14-12-10-8-6-4-2/h28,32,54-55,59-60H,3-27,29-31,33-53H2,1-2H3,(H,58,61)/b32-28-. The average Bonchev–Trinajstić information content (AvgIpc) is 3.28. The van der Waals surface area contributed by atoms with Crippen LogP contribution in [-0.2, 0) is 14.3 Å². The minimum Gasteiger partial charge on any atom is -0.466 e. The Morgan fingerprint density at radius 3 is 1.13 bits per heavy atom. The molecule has 0 heterocycles. The number of carbonyl (C=O) groups excluding carboxylic acids is 2. The number of unbranched alkanes of at least 4 members (excludes halogenated alkanes) is 40. The van der Waals surface area contributed by atoms with Crippen LogP contribution < -0.4 is 5.32 Å². The number of amides is 1. The average molecular weight is 891 g/mol. The van der Waals surface area contributed by atoms with Crippen LogP contribution in [0.3, 0.4) is 0 Å². The molecular formula is C57H111NO5. The van der Waals surface area contributed by atoms with E-state index >= 15 is 0 Å². The number of carbonyl (C=O) groups is 2. The predicted molar refractivity (Wildman–Crippen MR) is 273 cm³/mol. The number of nitrogens with one attached hydrogen (secondary N) is 1. The van der Waals surface area contributed by atoms with E-state index in [2.05, 4.69) is 31.3 Å². The summed E-state index contributed by atoms with van der Waals surface area (Å²) in [6, 6.07) is -0.559. The molecule has 1 amide bonds. The van der Waals surface area contributed by atoms with Crippen molar-refractivity contribution in [3.8, 4) is 0 Å². The normalized spacial score (nSPS) is 12.6. The molecular weight excluding hydrogens is 779 g/mol. The number of hydrogen-bond acceptors (Lipinski definition) is 5. The molecule has 6 nitrogen and oxygen atoms in total. The van der Waals surface area contributed by atoms with Crippen LogP contribution in [-0.4, -0.2) is 47.4 Å². The number of rotatable bonds is 53. The summed E-state index contributed by atoms with van der Waals surface area (Å²) in [7, 11) is 0. The summed E-state index contributed by atoms with van der Waals surface area (Å²) in [6.45, 7) is 4.92. The molecule has 374 valence electrons. The Balaban J connectivity index is 3.47. The van der Waals surface area contributed by atoms with Crippen LogP contribution in [0.1, 0.15) is 316 Å². The lowest BCUT2D eigenvalue weighted by Gasteiger charge is -2.22. The van der Waals surface area contributed by atoms with Crippen molar-refractivity contribution in [3.05, 3.63) is 12.2 Å². The van der Waals surface area contributed by atoms with Gasteiger partial charge in [0.15, 0.2) is 0 Å². The van der Waals surface area contributed by atoms with Crippen molar-refractivity contribution in [2.24, 2.45) is 0 Å². The van der Waals surface area contributed by atoms with Gasteiger partial charge in [0, 0.05) is 12.8 Å². The van der Waals surface area contributed by atoms with E-state index < -0.39 is 12.1 Å². The SMILES string of the molecule is CCCCCCCCCCCCCCCCCCCCC(=O)OCCCCC/C=C\CCCCCCCC(=O)NC(CO)C(O)CCCCCCCCCCCCCCCCCC. The summed E-state index contributed by atoms with van der Waals surface area (Å²) in [5.41, 5.74) is 0. The number of aliphatic hydroxyl groups is 2. The number of ether oxygens (including phenoxy) is 1. The van der Waals surface area contributed by atoms with Crippen molar-refractivity contribution >= 4 is 11.9 Å². The Kier molecular flexibility index (Phi) is 52.0. The molecule has 0 aromatic heterocycles. The zero-order valence-corrected chi connectivity index (χ0v) is 42.6. The van der Waals surface area contributed by atoms with Crippen molar-refractivity contribution < 1.29 is 24.5 Å². The van der Waals surface area contributed by atoms with Gasteiger partial charge in [0.25, 0.3) is 0 Å². The second-order valence-electron chi connectivity index (χ2n) is 19.6. The highest BCUT2D eigenvalue weighted by Crippen LogP contribution is 2.17. The molecule has 0 saturated heterocycles. The van der Waals surface area contributed by atoms with Crippen molar-refractivity contribution in [1.29, 1.82) is 0 Å². The lowest BCUT2D eigenvalue weighted by atomic mass is 10.0. The van der Waals surface area contributed by atoms with E-state index in [1.54, 1.807) is 0 Å². The first-order valence-electron chi connectivity index (χ1n) is 28.4. The van der Waals surface area contributed by atoms with Gasteiger partial charge >= 0.3 is 5.97 Å². The van der Waals surface area contributed by atoms with Gasteiger partial charge in [-0.15, -0.1) is 0 Å². The van der Waals surface area contributed by atoms with Crippen molar-refractivity contribution in [2.75, 3.05) is 13.2 Å². The zero-order valence-electron chi connectivity index (χ0n) is 42.6. The number of aliphatic hydroxyl groups excluding tert-OH is 2. The Morgan fingerprint density at radius 1 is 0.429 bits per heavy atom. The summed E-state index contributed by atoms with van der Waals surface area (Å²) in [4.78, 5) is 24.5. The predicted octanol–water partition coefficient (Wildman–Crippen LogP) is 17.3. The molecule has 2 unspecified atom stereocenters. The van der Waals surface area contributed by atoms with Crippen LogP contribution in [0, 0.1) is 0 Å². The second-order valence-corrected chi connectivity index (χ2v) is 19.6. The van der Waals surface area contributed by atoms with Crippen LogP contribution in [0.15, 0.2) is 12.2 Å². The molecule has 2 atom stereocenters. The lowest BCUT2D eigenvalue weighted by Crippen LogP contribution is -2.45. The van der Waals surface area contributed by atoms with Gasteiger partial charge in [0.1, 0.15) is 0 Å². The largest absolute Gasteiger partial charge is 0.466 e. The van der Waals surface area contributed by atoms with Gasteiger partial charge in [-0.25, -0.2) is 0 Å². The van der Waals surface area contributed by atoms with Gasteiger partial charge in [-0.2, -0.15) is 0 Å². The van der Waals surface area contributed by atoms with Crippen LogP contribution in [0.5, 0.6) is 0 Å². The van der Waals surface area contributed by atoms with E-state index in [4.69, 9.17) is 4.74 Å². The summed E-state index contributed by atoms with van der Waals surface area (Å²) in [5.74, 6) is -0.0760. The molecule has 0 saturated carbocycles. The molecule has 6 heteroatoms. The molecule has 0 radical (unpaired) electrons. The number of esters is 1. The monoisotopic (exact) mass is 890 g/mol. The van der Waals surface area contributed by atoms with Gasteiger partial charge in [0.2, 0.25) is 5.91 Å². The molecule has 0 aliphatic rings. The third kappa shape index (κ3) is 49.9. The Hall–Kier alpha value is -1.40. The minimum atomic E-state index is -0.679. The molecule has 0 aliphatic carbocycles. The van der Waals surface area contributed by atoms with Crippen molar-refractivity contribution in [3.63, 3.8) is 0 Å². The third-order valence-corrected chi connectivity index (χ3v) is 13.3. The maximum atomic E-state index is 12.5. The minimum absolute atomic E-state index is 0.0177. The van der Waals surface area contributed by atoms with E-state index in [9.17, 15) is 19.8 Å². The Bertz CT molecular complexity index is 939. The second kappa shape index (κ2) is 53.2. The van der Waals surface area contributed by atoms with E-state index in [1.165, 1.54) is 205 Å². The summed E-state index contributed by atoms with van der Waals surface area (Å²) in [5, 5.41) is 23.2. The van der Waals surface area contributed by atoms with E-state index in [-0.39, 0.29) is 18.5 Å². The van der Waals surface area contributed by atoms with Gasteiger partial charge in [-0.3, -0.25) is 9.59 Å². The van der Waals surface area contributed by atoms with Crippen LogP contribution in [0.25, 0.3) is 0 Å². The fourth-order valence-electron chi connectivity index (χ4n) is 8.93. The molecule has 0 aromatic carbocycles. The van der Waals surface area contributed by atoms with Gasteiger partial charge in [0.05, 0.1) is 25.4 Å². The van der Waals surface area contributed by atoms with Crippen molar-refractivity contribution in [2.45, 2.75) is 328 Å². The van der Waals surface area contributed by atoms with E-state index in [0.29, 0.717) is 25.9 Å². The molecule has 0 fully saturated rings. The number of hydrogen-bond donors (Lipinski definition) is 3. The highest BCUT2D eigenvalue weighted by molar-refractivity contribution is 5.76. The first-order valence-corrected chi connectivity index (χ1v) is 28.4. The topological polar surface area (TPSA) is 95.9 Å². The Labute approximate surface area is 393 Å². The first kappa shape index (κ1) is 61.6. The summed E-state index contributed by atoms with van der Waals surface area (Å²) in [6.07, 6.45) is 62.0. The Morgan fingerprint density at radius 2 is 0.746 bits per heavy atom. The molecule has 0 aromatic rings. The lowest BCUT2D eigenvalue weighted by molar-refractivity contribution is -0.143. The molecule has 0 bridgehead atoms. The molecule has 0 rings (SSSR count).